The standard InChI is InChI=1S/C11H21OSi.3CH3.Sn/c1-5-10-8-6-7-9-11(10)12-13(2,3)4;;;;/h5H,6-9H2,1-4H3;3*1H3;. The molecule has 100 valence electrons. The van der Waals surface area contributed by atoms with Crippen LogP contribution in [0.5, 0.6) is 0 Å². The molecule has 1 aliphatic carbocycles. The monoisotopic (exact) mass is 362 g/mol. The summed E-state index contributed by atoms with van der Waals surface area (Å²) in [6.45, 7) is 9.37. The van der Waals surface area contributed by atoms with Gasteiger partial charge in [-0.3, -0.25) is 0 Å². The van der Waals surface area contributed by atoms with E-state index < -0.39 is 26.7 Å². The van der Waals surface area contributed by atoms with Gasteiger partial charge in [0.05, 0.1) is 0 Å². The van der Waals surface area contributed by atoms with E-state index in [9.17, 15) is 0 Å². The van der Waals surface area contributed by atoms with Crippen LogP contribution in [0.15, 0.2) is 11.3 Å². The van der Waals surface area contributed by atoms with Crippen molar-refractivity contribution in [2.24, 2.45) is 0 Å². The topological polar surface area (TPSA) is 9.23 Å². The molecule has 0 aromatic heterocycles. The van der Waals surface area contributed by atoms with Crippen LogP contribution in [-0.2, 0) is 4.43 Å². The van der Waals surface area contributed by atoms with Crippen LogP contribution in [0.4, 0.5) is 0 Å². The minimum absolute atomic E-state index is 0.843. The third-order valence-corrected chi connectivity index (χ3v) is 13.0. The second-order valence-corrected chi connectivity index (χ2v) is 27.9. The van der Waals surface area contributed by atoms with E-state index in [0.717, 1.165) is 3.93 Å². The van der Waals surface area contributed by atoms with Crippen molar-refractivity contribution in [2.75, 3.05) is 0 Å². The molecular weight excluding hydrogens is 331 g/mol. The van der Waals surface area contributed by atoms with Crippen LogP contribution >= 0.6 is 0 Å². The molecule has 0 radical (unpaired) electrons. The van der Waals surface area contributed by atoms with Gasteiger partial charge in [0.2, 0.25) is 0 Å². The molecule has 1 aliphatic rings. The van der Waals surface area contributed by atoms with Crippen molar-refractivity contribution >= 4 is 26.7 Å². The van der Waals surface area contributed by atoms with Crippen molar-refractivity contribution in [1.29, 1.82) is 0 Å². The third kappa shape index (κ3) is 4.97. The molecule has 3 heteroatoms. The zero-order valence-electron chi connectivity index (χ0n) is 12.8. The maximum absolute atomic E-state index is 6.36. The molecule has 0 saturated heterocycles. The van der Waals surface area contributed by atoms with Gasteiger partial charge in [0.1, 0.15) is 0 Å². The van der Waals surface area contributed by atoms with Crippen molar-refractivity contribution in [2.45, 2.75) is 71.0 Å². The molecule has 0 aromatic carbocycles. The van der Waals surface area contributed by atoms with Gasteiger partial charge in [-0.25, -0.2) is 0 Å². The van der Waals surface area contributed by atoms with E-state index in [2.05, 4.69) is 41.4 Å². The maximum atomic E-state index is 6.36. The van der Waals surface area contributed by atoms with Crippen LogP contribution in [0.1, 0.15) is 32.6 Å². The van der Waals surface area contributed by atoms with Gasteiger partial charge in [-0.2, -0.15) is 0 Å². The SMILES string of the molecule is C[CH](C1=C(O[Si](C)(C)C)CCCC1)[Sn]([CH3])([CH3])[CH3]. The summed E-state index contributed by atoms with van der Waals surface area (Å²) < 4.78 is 7.20. The normalized spacial score (nSPS) is 20.4. The zero-order valence-corrected chi connectivity index (χ0v) is 16.7. The van der Waals surface area contributed by atoms with Crippen LogP contribution in [0, 0.1) is 0 Å². The van der Waals surface area contributed by atoms with Gasteiger partial charge in [0.15, 0.2) is 0 Å². The molecular formula is C14H30OSiSn. The summed E-state index contributed by atoms with van der Waals surface area (Å²) in [5.41, 5.74) is 1.70. The molecule has 0 aromatic rings. The van der Waals surface area contributed by atoms with Crippen LogP contribution < -0.4 is 0 Å². The van der Waals surface area contributed by atoms with Crippen molar-refractivity contribution in [3.63, 3.8) is 0 Å². The first-order valence-electron chi connectivity index (χ1n) is 7.02. The van der Waals surface area contributed by atoms with E-state index in [0.29, 0.717) is 0 Å². The van der Waals surface area contributed by atoms with Crippen molar-refractivity contribution in [1.82, 2.24) is 0 Å². The fraction of sp³-hybridized carbons (Fsp3) is 0.857. The molecule has 17 heavy (non-hydrogen) atoms. The summed E-state index contributed by atoms with van der Waals surface area (Å²) in [6.07, 6.45) is 5.21. The molecule has 1 rings (SSSR count). The van der Waals surface area contributed by atoms with Gasteiger partial charge in [-0.15, -0.1) is 0 Å². The average molecular weight is 361 g/mol. The fourth-order valence-electron chi connectivity index (χ4n) is 2.37. The van der Waals surface area contributed by atoms with E-state index in [4.69, 9.17) is 4.43 Å². The van der Waals surface area contributed by atoms with Crippen molar-refractivity contribution < 1.29 is 4.43 Å². The summed E-state index contributed by atoms with van der Waals surface area (Å²) in [6, 6.07) is 0. The summed E-state index contributed by atoms with van der Waals surface area (Å²) >= 11 is -1.82. The molecule has 0 amide bonds. The Hall–Kier alpha value is 0.556. The molecule has 1 unspecified atom stereocenters. The molecule has 0 spiro atoms. The number of hydrogen-bond donors (Lipinski definition) is 0. The second-order valence-electron chi connectivity index (χ2n) is 7.46. The Morgan fingerprint density at radius 2 is 1.59 bits per heavy atom. The predicted octanol–water partition coefficient (Wildman–Crippen LogP) is 5.39. The van der Waals surface area contributed by atoms with Crippen LogP contribution in [0.25, 0.3) is 0 Å². The molecule has 0 N–H and O–H groups in total. The molecule has 0 aliphatic heterocycles. The van der Waals surface area contributed by atoms with Crippen LogP contribution in [-0.4, -0.2) is 26.7 Å². The van der Waals surface area contributed by atoms with Crippen LogP contribution in [0.2, 0.25) is 38.4 Å². The van der Waals surface area contributed by atoms with Crippen molar-refractivity contribution in [3.8, 4) is 0 Å². The Kier molecular flexibility index (Phi) is 5.22. The molecule has 0 bridgehead atoms. The molecule has 1 atom stereocenters. The number of rotatable bonds is 4. The number of hydrogen-bond acceptors (Lipinski definition) is 1. The van der Waals surface area contributed by atoms with E-state index in [1.807, 2.05) is 0 Å². The van der Waals surface area contributed by atoms with Crippen molar-refractivity contribution in [3.05, 3.63) is 11.3 Å². The molecule has 0 fully saturated rings. The summed E-state index contributed by atoms with van der Waals surface area (Å²) in [5.74, 6) is 1.40. The van der Waals surface area contributed by atoms with Gasteiger partial charge in [0.25, 0.3) is 0 Å². The van der Waals surface area contributed by atoms with Crippen LogP contribution in [0.3, 0.4) is 0 Å². The first kappa shape index (κ1) is 15.6. The Bertz CT molecular complexity index is 296. The molecule has 1 nitrogen and oxygen atoms in total. The van der Waals surface area contributed by atoms with Gasteiger partial charge >= 0.3 is 113 Å². The van der Waals surface area contributed by atoms with E-state index in [-0.39, 0.29) is 0 Å². The fourth-order valence-corrected chi connectivity index (χ4v) is 7.20. The second kappa shape index (κ2) is 5.68. The average Bonchev–Trinajstić information content (AvgIpc) is 2.13. The van der Waals surface area contributed by atoms with E-state index in [1.165, 1.54) is 31.4 Å². The predicted molar refractivity (Wildman–Crippen MR) is 82.7 cm³/mol. The summed E-state index contributed by atoms with van der Waals surface area (Å²) in [7, 11) is -1.43. The van der Waals surface area contributed by atoms with Gasteiger partial charge in [-0.1, -0.05) is 0 Å². The zero-order chi connectivity index (χ0) is 13.3. The molecule has 0 heterocycles. The first-order valence-corrected chi connectivity index (χ1v) is 20.6. The van der Waals surface area contributed by atoms with Gasteiger partial charge in [-0.05, 0) is 0 Å². The number of allylic oxidation sites excluding steroid dienone is 2. The van der Waals surface area contributed by atoms with Gasteiger partial charge < -0.3 is 0 Å². The minimum atomic E-state index is -1.82. The third-order valence-electron chi connectivity index (χ3n) is 3.71. The Balaban J connectivity index is 2.96. The van der Waals surface area contributed by atoms with E-state index >= 15 is 0 Å². The Morgan fingerprint density at radius 3 is 2.06 bits per heavy atom. The Morgan fingerprint density at radius 1 is 1.06 bits per heavy atom. The Labute approximate surface area is 113 Å². The first-order chi connectivity index (χ1) is 7.61. The molecule has 0 saturated carbocycles. The quantitative estimate of drug-likeness (QED) is 0.610. The summed E-state index contributed by atoms with van der Waals surface area (Å²) in [5, 5.41) is 0. The van der Waals surface area contributed by atoms with E-state index in [1.54, 1.807) is 5.57 Å². The van der Waals surface area contributed by atoms with Gasteiger partial charge in [0, 0.05) is 0 Å². The summed E-state index contributed by atoms with van der Waals surface area (Å²) in [4.78, 5) is 7.65.